The zero-order valence-electron chi connectivity index (χ0n) is 11.4. The Morgan fingerprint density at radius 2 is 1.29 bits per heavy atom. The molecule has 0 spiro atoms. The first-order chi connectivity index (χ1) is 10.3. The van der Waals surface area contributed by atoms with Crippen molar-refractivity contribution < 1.29 is 4.74 Å². The first-order valence-electron chi connectivity index (χ1n) is 6.67. The lowest BCUT2D eigenvalue weighted by Crippen LogP contribution is -1.92. The Bertz CT molecular complexity index is 728. The van der Waals surface area contributed by atoms with Crippen molar-refractivity contribution in [3.8, 4) is 11.5 Å². The van der Waals surface area contributed by atoms with Crippen LogP contribution in [-0.4, -0.2) is 0 Å². The van der Waals surface area contributed by atoms with Crippen molar-refractivity contribution in [3.05, 3.63) is 78.9 Å². The van der Waals surface area contributed by atoms with E-state index >= 15 is 0 Å². The van der Waals surface area contributed by atoms with E-state index in [2.05, 4.69) is 12.1 Å². The van der Waals surface area contributed by atoms with E-state index < -0.39 is 0 Å². The predicted molar refractivity (Wildman–Crippen MR) is 87.9 cm³/mol. The Kier molecular flexibility index (Phi) is 4.12. The van der Waals surface area contributed by atoms with Crippen molar-refractivity contribution in [1.29, 1.82) is 0 Å². The van der Waals surface area contributed by atoms with Crippen LogP contribution in [0.2, 0.25) is 0 Å². The van der Waals surface area contributed by atoms with Gasteiger partial charge in [0.05, 0.1) is 10.6 Å². The third kappa shape index (κ3) is 3.38. The molecule has 0 aliphatic carbocycles. The van der Waals surface area contributed by atoms with Crippen LogP contribution in [0.25, 0.3) is 0 Å². The van der Waals surface area contributed by atoms with E-state index in [1.165, 1.54) is 4.90 Å². The van der Waals surface area contributed by atoms with Gasteiger partial charge >= 0.3 is 0 Å². The molecule has 104 valence electrons. The van der Waals surface area contributed by atoms with Crippen molar-refractivity contribution in [2.45, 2.75) is 9.79 Å². The minimum atomic E-state index is 0.636. The molecule has 0 saturated heterocycles. The van der Waals surface area contributed by atoms with Crippen LogP contribution in [0.1, 0.15) is 0 Å². The van der Waals surface area contributed by atoms with Gasteiger partial charge in [-0.25, -0.2) is 0 Å². The highest BCUT2D eigenvalue weighted by Gasteiger charge is 2.07. The summed E-state index contributed by atoms with van der Waals surface area (Å²) in [5, 5.41) is 0. The summed E-state index contributed by atoms with van der Waals surface area (Å²) in [5.41, 5.74) is 6.58. The zero-order valence-corrected chi connectivity index (χ0v) is 12.2. The molecule has 3 heteroatoms. The van der Waals surface area contributed by atoms with Gasteiger partial charge in [0.2, 0.25) is 0 Å². The average Bonchev–Trinajstić information content (AvgIpc) is 2.52. The highest BCUT2D eigenvalue weighted by Crippen LogP contribution is 2.37. The molecular formula is C18H15NOS. The Balaban J connectivity index is 1.88. The highest BCUT2D eigenvalue weighted by atomic mass is 32.2. The van der Waals surface area contributed by atoms with Gasteiger partial charge in [0.1, 0.15) is 11.5 Å². The maximum Gasteiger partial charge on any atom is 0.150 e. The van der Waals surface area contributed by atoms with E-state index in [1.54, 1.807) is 11.8 Å². The quantitative estimate of drug-likeness (QED) is 0.670. The molecule has 0 bridgehead atoms. The maximum absolute atomic E-state index is 5.97. The van der Waals surface area contributed by atoms with Gasteiger partial charge in [-0.15, -0.1) is 0 Å². The molecular weight excluding hydrogens is 278 g/mol. The number of benzene rings is 3. The summed E-state index contributed by atoms with van der Waals surface area (Å²) in [6.45, 7) is 0. The summed E-state index contributed by atoms with van der Waals surface area (Å²) in [6, 6.07) is 25.7. The number of ether oxygens (including phenoxy) is 1. The van der Waals surface area contributed by atoms with Crippen LogP contribution in [0, 0.1) is 0 Å². The maximum atomic E-state index is 5.97. The number of rotatable bonds is 4. The Morgan fingerprint density at radius 3 is 2.05 bits per heavy atom. The molecule has 0 saturated carbocycles. The summed E-state index contributed by atoms with van der Waals surface area (Å²) in [4.78, 5) is 2.24. The van der Waals surface area contributed by atoms with Crippen LogP contribution >= 0.6 is 11.8 Å². The molecule has 3 aromatic carbocycles. The minimum Gasteiger partial charge on any atom is -0.454 e. The fourth-order valence-corrected chi connectivity index (χ4v) is 2.83. The van der Waals surface area contributed by atoms with E-state index in [4.69, 9.17) is 10.5 Å². The molecule has 0 radical (unpaired) electrons. The molecule has 0 aliphatic rings. The third-order valence-corrected chi connectivity index (χ3v) is 4.02. The molecule has 2 nitrogen and oxygen atoms in total. The minimum absolute atomic E-state index is 0.636. The Labute approximate surface area is 128 Å². The number of nitrogens with two attached hydrogens (primary N) is 1. The molecule has 0 aromatic heterocycles. The van der Waals surface area contributed by atoms with Crippen molar-refractivity contribution >= 4 is 17.4 Å². The SMILES string of the molecule is Nc1ccccc1Oc1ccccc1Sc1ccccc1. The van der Waals surface area contributed by atoms with E-state index in [-0.39, 0.29) is 0 Å². The molecule has 0 aliphatic heterocycles. The van der Waals surface area contributed by atoms with Crippen LogP contribution < -0.4 is 10.5 Å². The highest BCUT2D eigenvalue weighted by molar-refractivity contribution is 7.99. The Hall–Kier alpha value is -2.39. The second-order valence-corrected chi connectivity index (χ2v) is 5.62. The molecule has 21 heavy (non-hydrogen) atoms. The molecule has 2 N–H and O–H groups in total. The van der Waals surface area contributed by atoms with Crippen LogP contribution in [0.4, 0.5) is 5.69 Å². The van der Waals surface area contributed by atoms with Gasteiger partial charge in [0.25, 0.3) is 0 Å². The number of hydrogen-bond acceptors (Lipinski definition) is 3. The standard InChI is InChI=1S/C18H15NOS/c19-15-10-4-5-11-16(15)20-17-12-6-7-13-18(17)21-14-8-2-1-3-9-14/h1-13H,19H2. The van der Waals surface area contributed by atoms with Gasteiger partial charge in [-0.05, 0) is 36.4 Å². The molecule has 3 aromatic rings. The van der Waals surface area contributed by atoms with E-state index in [0.29, 0.717) is 11.4 Å². The summed E-state index contributed by atoms with van der Waals surface area (Å²) in [5.74, 6) is 1.49. The second kappa shape index (κ2) is 6.37. The van der Waals surface area contributed by atoms with Gasteiger partial charge in [0.15, 0.2) is 0 Å². The topological polar surface area (TPSA) is 35.2 Å². The normalized spacial score (nSPS) is 10.3. The second-order valence-electron chi connectivity index (χ2n) is 4.50. The van der Waals surface area contributed by atoms with Crippen molar-refractivity contribution in [1.82, 2.24) is 0 Å². The van der Waals surface area contributed by atoms with Crippen molar-refractivity contribution in [2.75, 3.05) is 5.73 Å². The van der Waals surface area contributed by atoms with Gasteiger partial charge in [-0.2, -0.15) is 0 Å². The van der Waals surface area contributed by atoms with Crippen molar-refractivity contribution in [2.24, 2.45) is 0 Å². The van der Waals surface area contributed by atoms with Gasteiger partial charge in [-0.1, -0.05) is 54.2 Å². The molecule has 0 fully saturated rings. The van der Waals surface area contributed by atoms with E-state index in [9.17, 15) is 0 Å². The Morgan fingerprint density at radius 1 is 0.667 bits per heavy atom. The smallest absolute Gasteiger partial charge is 0.150 e. The van der Waals surface area contributed by atoms with E-state index in [1.807, 2.05) is 66.7 Å². The average molecular weight is 293 g/mol. The van der Waals surface area contributed by atoms with E-state index in [0.717, 1.165) is 10.6 Å². The van der Waals surface area contributed by atoms with Crippen LogP contribution in [0.3, 0.4) is 0 Å². The lowest BCUT2D eigenvalue weighted by Gasteiger charge is -2.12. The molecule has 0 atom stereocenters. The largest absolute Gasteiger partial charge is 0.454 e. The van der Waals surface area contributed by atoms with Crippen LogP contribution in [-0.2, 0) is 0 Å². The summed E-state index contributed by atoms with van der Waals surface area (Å²) >= 11 is 1.67. The first-order valence-corrected chi connectivity index (χ1v) is 7.49. The number of para-hydroxylation sites is 3. The molecule has 0 unspecified atom stereocenters. The lowest BCUT2D eigenvalue weighted by atomic mass is 10.3. The summed E-state index contributed by atoms with van der Waals surface area (Å²) in [7, 11) is 0. The molecule has 0 heterocycles. The van der Waals surface area contributed by atoms with Gasteiger partial charge in [-0.3, -0.25) is 0 Å². The first kappa shape index (κ1) is 13.6. The number of hydrogen-bond donors (Lipinski definition) is 1. The van der Waals surface area contributed by atoms with Gasteiger partial charge in [0, 0.05) is 4.90 Å². The molecule has 3 rings (SSSR count). The number of anilines is 1. The van der Waals surface area contributed by atoms with Crippen LogP contribution in [0.5, 0.6) is 11.5 Å². The third-order valence-electron chi connectivity index (χ3n) is 2.96. The van der Waals surface area contributed by atoms with Crippen molar-refractivity contribution in [3.63, 3.8) is 0 Å². The van der Waals surface area contributed by atoms with Crippen LogP contribution in [0.15, 0.2) is 88.7 Å². The fraction of sp³-hybridized carbons (Fsp3) is 0. The summed E-state index contributed by atoms with van der Waals surface area (Å²) in [6.07, 6.45) is 0. The fourth-order valence-electron chi connectivity index (χ4n) is 1.93. The zero-order chi connectivity index (χ0) is 14.5. The van der Waals surface area contributed by atoms with Gasteiger partial charge < -0.3 is 10.5 Å². The molecule has 0 amide bonds. The number of nitrogen functional groups attached to an aromatic ring is 1. The monoisotopic (exact) mass is 293 g/mol. The lowest BCUT2D eigenvalue weighted by molar-refractivity contribution is 0.473. The summed E-state index contributed by atoms with van der Waals surface area (Å²) < 4.78 is 5.97. The predicted octanol–water partition coefficient (Wildman–Crippen LogP) is 5.21.